The molecule has 1 unspecified atom stereocenters. The number of nitrogens with one attached hydrogen (secondary N) is 1. The Balaban J connectivity index is 1.91. The molecule has 2 aromatic rings. The minimum atomic E-state index is 0.0693. The lowest BCUT2D eigenvalue weighted by Crippen LogP contribution is -2.25. The monoisotopic (exact) mass is 197 g/mol. The van der Waals surface area contributed by atoms with Crippen LogP contribution in [-0.2, 0) is 6.42 Å². The minimum absolute atomic E-state index is 0.0693. The smallest absolute Gasteiger partial charge is 0.186 e. The number of carbonyl (C=O) groups excluding carboxylic acids is 1. The van der Waals surface area contributed by atoms with E-state index in [4.69, 9.17) is 0 Å². The third-order valence-corrected chi connectivity index (χ3v) is 3.03. The van der Waals surface area contributed by atoms with Gasteiger partial charge in [0.25, 0.3) is 0 Å². The fourth-order valence-corrected chi connectivity index (χ4v) is 2.16. The van der Waals surface area contributed by atoms with Gasteiger partial charge < -0.3 is 4.98 Å². The van der Waals surface area contributed by atoms with Gasteiger partial charge in [-0.15, -0.1) is 0 Å². The maximum Gasteiger partial charge on any atom is 0.186 e. The van der Waals surface area contributed by atoms with Gasteiger partial charge in [-0.3, -0.25) is 4.79 Å². The quantitative estimate of drug-likeness (QED) is 0.737. The summed E-state index contributed by atoms with van der Waals surface area (Å²) in [7, 11) is 0. The van der Waals surface area contributed by atoms with Gasteiger partial charge >= 0.3 is 0 Å². The van der Waals surface area contributed by atoms with Gasteiger partial charge in [-0.1, -0.05) is 24.3 Å². The van der Waals surface area contributed by atoms with E-state index < -0.39 is 0 Å². The summed E-state index contributed by atoms with van der Waals surface area (Å²) in [5.41, 5.74) is 3.22. The molecule has 0 saturated heterocycles. The Bertz CT molecular complexity index is 499. The normalized spacial score (nSPS) is 18.0. The SMILES string of the molecule is O=C(c1ccc[nH]1)C1Cc2ccccc21. The molecule has 2 nitrogen and oxygen atoms in total. The van der Waals surface area contributed by atoms with Crippen molar-refractivity contribution in [3.63, 3.8) is 0 Å². The molecule has 0 fully saturated rings. The van der Waals surface area contributed by atoms with Crippen molar-refractivity contribution in [2.45, 2.75) is 12.3 Å². The van der Waals surface area contributed by atoms with Gasteiger partial charge in [-0.2, -0.15) is 0 Å². The molecule has 1 aromatic carbocycles. The molecule has 0 bridgehead atoms. The lowest BCUT2D eigenvalue weighted by Gasteiger charge is -2.28. The lowest BCUT2D eigenvalue weighted by atomic mass is 9.74. The number of fused-ring (bicyclic) bond motifs is 1. The second kappa shape index (κ2) is 3.09. The Kier molecular flexibility index (Phi) is 1.75. The van der Waals surface area contributed by atoms with E-state index in [1.807, 2.05) is 30.3 Å². The van der Waals surface area contributed by atoms with E-state index in [2.05, 4.69) is 11.1 Å². The van der Waals surface area contributed by atoms with Crippen LogP contribution in [0.2, 0.25) is 0 Å². The molecular weight excluding hydrogens is 186 g/mol. The van der Waals surface area contributed by atoms with E-state index in [0.717, 1.165) is 12.1 Å². The first-order valence-electron chi connectivity index (χ1n) is 5.11. The highest BCUT2D eigenvalue weighted by atomic mass is 16.1. The van der Waals surface area contributed by atoms with Crippen LogP contribution in [0, 0.1) is 0 Å². The van der Waals surface area contributed by atoms with Crippen molar-refractivity contribution in [2.75, 3.05) is 0 Å². The molecule has 74 valence electrons. The molecule has 0 aliphatic heterocycles. The highest BCUT2D eigenvalue weighted by Gasteiger charge is 2.32. The second-order valence-electron chi connectivity index (χ2n) is 3.90. The fraction of sp³-hybridized carbons (Fsp3) is 0.154. The predicted octanol–water partition coefficient (Wildman–Crippen LogP) is 2.54. The Morgan fingerprint density at radius 1 is 1.20 bits per heavy atom. The van der Waals surface area contributed by atoms with Gasteiger partial charge in [-0.05, 0) is 29.7 Å². The summed E-state index contributed by atoms with van der Waals surface area (Å²) in [6, 6.07) is 11.8. The van der Waals surface area contributed by atoms with Gasteiger partial charge in [0.2, 0.25) is 0 Å². The molecule has 1 heterocycles. The molecule has 2 heteroatoms. The second-order valence-corrected chi connectivity index (χ2v) is 3.90. The minimum Gasteiger partial charge on any atom is -0.359 e. The fourth-order valence-electron chi connectivity index (χ4n) is 2.16. The summed E-state index contributed by atoms with van der Waals surface area (Å²) in [6.45, 7) is 0. The average molecular weight is 197 g/mol. The highest BCUT2D eigenvalue weighted by Crippen LogP contribution is 2.36. The van der Waals surface area contributed by atoms with Crippen LogP contribution >= 0.6 is 0 Å². The van der Waals surface area contributed by atoms with Crippen molar-refractivity contribution in [2.24, 2.45) is 0 Å². The number of hydrogen-bond donors (Lipinski definition) is 1. The van der Waals surface area contributed by atoms with Crippen molar-refractivity contribution in [1.29, 1.82) is 0 Å². The first-order valence-corrected chi connectivity index (χ1v) is 5.11. The van der Waals surface area contributed by atoms with Crippen LogP contribution in [0.3, 0.4) is 0 Å². The van der Waals surface area contributed by atoms with E-state index in [9.17, 15) is 4.79 Å². The van der Waals surface area contributed by atoms with Crippen LogP contribution in [-0.4, -0.2) is 10.8 Å². The summed E-state index contributed by atoms with van der Waals surface area (Å²) in [6.07, 6.45) is 2.67. The number of carbonyl (C=O) groups is 1. The van der Waals surface area contributed by atoms with Gasteiger partial charge in [0.1, 0.15) is 0 Å². The summed E-state index contributed by atoms with van der Waals surface area (Å²) in [5.74, 6) is 0.276. The lowest BCUT2D eigenvalue weighted by molar-refractivity contribution is 0.0944. The number of hydrogen-bond acceptors (Lipinski definition) is 1. The van der Waals surface area contributed by atoms with Crippen molar-refractivity contribution in [3.8, 4) is 0 Å². The molecule has 1 atom stereocenters. The number of Topliss-reactive ketones (excluding diaryl/α,β-unsaturated/α-hetero) is 1. The molecular formula is C13H11NO. The number of H-pyrrole nitrogens is 1. The first kappa shape index (κ1) is 8.48. The van der Waals surface area contributed by atoms with E-state index >= 15 is 0 Å². The maximum absolute atomic E-state index is 12.0. The van der Waals surface area contributed by atoms with Crippen molar-refractivity contribution >= 4 is 5.78 Å². The Morgan fingerprint density at radius 3 is 2.80 bits per heavy atom. The number of ketones is 1. The summed E-state index contributed by atoms with van der Waals surface area (Å²) < 4.78 is 0. The molecule has 1 aromatic heterocycles. The molecule has 1 N–H and O–H groups in total. The zero-order valence-electron chi connectivity index (χ0n) is 8.23. The molecule has 0 radical (unpaired) electrons. The Hall–Kier alpha value is -1.83. The Labute approximate surface area is 87.9 Å². The van der Waals surface area contributed by atoms with E-state index in [-0.39, 0.29) is 11.7 Å². The Morgan fingerprint density at radius 2 is 2.07 bits per heavy atom. The van der Waals surface area contributed by atoms with E-state index in [1.165, 1.54) is 11.1 Å². The third kappa shape index (κ3) is 1.22. The van der Waals surface area contributed by atoms with Crippen molar-refractivity contribution in [3.05, 3.63) is 59.4 Å². The van der Waals surface area contributed by atoms with Gasteiger partial charge in [-0.25, -0.2) is 0 Å². The largest absolute Gasteiger partial charge is 0.359 e. The standard InChI is InChI=1S/C13H11NO/c15-13(12-6-3-7-14-12)11-8-9-4-1-2-5-10(9)11/h1-7,11,14H,8H2. The average Bonchev–Trinajstić information content (AvgIpc) is 2.72. The molecule has 15 heavy (non-hydrogen) atoms. The van der Waals surface area contributed by atoms with Crippen LogP contribution < -0.4 is 0 Å². The van der Waals surface area contributed by atoms with Crippen LogP contribution in [0.15, 0.2) is 42.6 Å². The van der Waals surface area contributed by atoms with Crippen LogP contribution in [0.5, 0.6) is 0 Å². The number of aromatic nitrogens is 1. The van der Waals surface area contributed by atoms with E-state index in [1.54, 1.807) is 6.20 Å². The molecule has 0 amide bonds. The summed E-state index contributed by atoms with van der Waals surface area (Å²) >= 11 is 0. The molecule has 0 spiro atoms. The molecule has 0 saturated carbocycles. The third-order valence-electron chi connectivity index (χ3n) is 3.03. The zero-order chi connectivity index (χ0) is 10.3. The molecule has 1 aliphatic rings. The predicted molar refractivity (Wildman–Crippen MR) is 58.0 cm³/mol. The van der Waals surface area contributed by atoms with Crippen molar-refractivity contribution in [1.82, 2.24) is 4.98 Å². The zero-order valence-corrected chi connectivity index (χ0v) is 8.23. The number of rotatable bonds is 2. The molecule has 1 aliphatic carbocycles. The van der Waals surface area contributed by atoms with E-state index in [0.29, 0.717) is 0 Å². The molecule has 3 rings (SSSR count). The van der Waals surface area contributed by atoms with Crippen LogP contribution in [0.1, 0.15) is 27.5 Å². The van der Waals surface area contributed by atoms with Crippen molar-refractivity contribution < 1.29 is 4.79 Å². The summed E-state index contributed by atoms with van der Waals surface area (Å²) in [5, 5.41) is 0. The van der Waals surface area contributed by atoms with Gasteiger partial charge in [0, 0.05) is 6.20 Å². The maximum atomic E-state index is 12.0. The van der Waals surface area contributed by atoms with Gasteiger partial charge in [0.15, 0.2) is 5.78 Å². The highest BCUT2D eigenvalue weighted by molar-refractivity contribution is 6.01. The number of benzene rings is 1. The summed E-state index contributed by atoms with van der Waals surface area (Å²) in [4.78, 5) is 15.0. The topological polar surface area (TPSA) is 32.9 Å². The number of aromatic amines is 1. The van der Waals surface area contributed by atoms with Crippen LogP contribution in [0.4, 0.5) is 0 Å². The van der Waals surface area contributed by atoms with Crippen LogP contribution in [0.25, 0.3) is 0 Å². The van der Waals surface area contributed by atoms with Gasteiger partial charge in [0.05, 0.1) is 11.6 Å². The first-order chi connectivity index (χ1) is 7.36.